The first-order chi connectivity index (χ1) is 25.8. The van der Waals surface area contributed by atoms with Crippen LogP contribution in [0.25, 0.3) is 66.7 Å². The molecule has 2 aromatic heterocycles. The number of fused-ring (bicyclic) bond motifs is 10. The van der Waals surface area contributed by atoms with Crippen LogP contribution in [-0.4, -0.2) is 4.98 Å². The van der Waals surface area contributed by atoms with Crippen molar-refractivity contribution >= 4 is 50.1 Å². The number of anilines is 3. The molecular formula is C49H36N2O2. The van der Waals surface area contributed by atoms with Gasteiger partial charge in [-0.25, -0.2) is 4.98 Å². The maximum absolute atomic E-state index is 6.49. The van der Waals surface area contributed by atoms with Gasteiger partial charge in [0.1, 0.15) is 16.7 Å². The fraction of sp³-hybridized carbons (Fsp3) is 0.122. The molecule has 2 heterocycles. The molecule has 0 bridgehead atoms. The molecule has 11 rings (SSSR count). The average Bonchev–Trinajstić information content (AvgIpc) is 3.89. The van der Waals surface area contributed by atoms with Crippen molar-refractivity contribution in [2.24, 2.45) is 0 Å². The van der Waals surface area contributed by atoms with E-state index in [1.165, 1.54) is 44.5 Å². The number of rotatable bonds is 4. The first-order valence-electron chi connectivity index (χ1n) is 18.4. The predicted molar refractivity (Wildman–Crippen MR) is 217 cm³/mol. The molecule has 254 valence electrons. The van der Waals surface area contributed by atoms with Gasteiger partial charge in [-0.1, -0.05) is 113 Å². The zero-order valence-electron chi connectivity index (χ0n) is 30.1. The minimum Gasteiger partial charge on any atom is -0.456 e. The molecule has 0 spiro atoms. The fourth-order valence-electron chi connectivity index (χ4n) is 9.21. The lowest BCUT2D eigenvalue weighted by atomic mass is 9.82. The maximum atomic E-state index is 6.49. The monoisotopic (exact) mass is 684 g/mol. The smallest absolute Gasteiger partial charge is 0.227 e. The van der Waals surface area contributed by atoms with Crippen molar-refractivity contribution in [3.05, 3.63) is 168 Å². The summed E-state index contributed by atoms with van der Waals surface area (Å²) >= 11 is 0. The number of oxazole rings is 1. The van der Waals surface area contributed by atoms with E-state index in [-0.39, 0.29) is 10.8 Å². The SMILES string of the molecule is CC1(C)c2ccccc2-c2ccc(N(c3ccc4oc5cc6oc(-c7ccccc7)nc6cc5c4c3)c3cccc4c3-c3ccccc3C4(C)C)cc21. The Hall–Kier alpha value is -6.39. The maximum Gasteiger partial charge on any atom is 0.227 e. The quantitative estimate of drug-likeness (QED) is 0.185. The Bertz CT molecular complexity index is 2960. The molecule has 0 fully saturated rings. The third-order valence-corrected chi connectivity index (χ3v) is 11.9. The molecule has 0 aliphatic heterocycles. The van der Waals surface area contributed by atoms with E-state index in [9.17, 15) is 0 Å². The number of aromatic nitrogens is 1. The Morgan fingerprint density at radius 1 is 0.472 bits per heavy atom. The Morgan fingerprint density at radius 3 is 1.94 bits per heavy atom. The van der Waals surface area contributed by atoms with Gasteiger partial charge in [0, 0.05) is 50.2 Å². The minimum atomic E-state index is -0.132. The molecule has 0 atom stereocenters. The van der Waals surface area contributed by atoms with Crippen LogP contribution in [0.5, 0.6) is 0 Å². The van der Waals surface area contributed by atoms with Crippen LogP contribution in [0.4, 0.5) is 17.1 Å². The van der Waals surface area contributed by atoms with Crippen LogP contribution >= 0.6 is 0 Å². The second-order valence-electron chi connectivity index (χ2n) is 15.6. The lowest BCUT2D eigenvalue weighted by molar-refractivity contribution is 0.617. The van der Waals surface area contributed by atoms with Crippen molar-refractivity contribution in [3.63, 3.8) is 0 Å². The standard InChI is InChI=1S/C49H36N2O2/c1-48(2)38-18-11-9-16-34(38)46-39(48)19-12-20-42(46)51(31-21-23-33-32-15-8-10-17-37(32)49(3,4)40(33)26-31)30-22-24-43-35(25-30)36-27-41-45(28-44(36)52-43)53-47(50-41)29-13-6-5-7-14-29/h5-28H,1-4H3. The Balaban J connectivity index is 1.15. The van der Waals surface area contributed by atoms with Gasteiger partial charge in [0.05, 0.1) is 5.69 Å². The molecule has 53 heavy (non-hydrogen) atoms. The Morgan fingerprint density at radius 2 is 1.11 bits per heavy atom. The molecule has 9 aromatic rings. The minimum absolute atomic E-state index is 0.124. The zero-order chi connectivity index (χ0) is 35.6. The van der Waals surface area contributed by atoms with Crippen molar-refractivity contribution in [1.29, 1.82) is 0 Å². The highest BCUT2D eigenvalue weighted by Gasteiger charge is 2.39. The predicted octanol–water partition coefficient (Wildman–Crippen LogP) is 13.5. The second kappa shape index (κ2) is 10.6. The molecular weight excluding hydrogens is 649 g/mol. The van der Waals surface area contributed by atoms with Gasteiger partial charge >= 0.3 is 0 Å². The molecule has 4 nitrogen and oxygen atoms in total. The summed E-state index contributed by atoms with van der Waals surface area (Å²) in [6.07, 6.45) is 0. The summed E-state index contributed by atoms with van der Waals surface area (Å²) in [5.74, 6) is 0.604. The van der Waals surface area contributed by atoms with Crippen LogP contribution < -0.4 is 4.90 Å². The van der Waals surface area contributed by atoms with E-state index >= 15 is 0 Å². The van der Waals surface area contributed by atoms with E-state index < -0.39 is 0 Å². The molecule has 0 N–H and O–H groups in total. The first kappa shape index (κ1) is 30.3. The summed E-state index contributed by atoms with van der Waals surface area (Å²) < 4.78 is 12.7. The van der Waals surface area contributed by atoms with Crippen molar-refractivity contribution in [2.75, 3.05) is 4.90 Å². The van der Waals surface area contributed by atoms with Crippen LogP contribution in [0.2, 0.25) is 0 Å². The normalized spacial score (nSPS) is 14.7. The van der Waals surface area contributed by atoms with Crippen LogP contribution in [0.3, 0.4) is 0 Å². The average molecular weight is 685 g/mol. The fourth-order valence-corrected chi connectivity index (χ4v) is 9.21. The third kappa shape index (κ3) is 4.21. The summed E-state index contributed by atoms with van der Waals surface area (Å²) in [5.41, 5.74) is 17.8. The van der Waals surface area contributed by atoms with Gasteiger partial charge in [-0.3, -0.25) is 0 Å². The number of hydrogen-bond donors (Lipinski definition) is 0. The largest absolute Gasteiger partial charge is 0.456 e. The van der Waals surface area contributed by atoms with Crippen LogP contribution in [-0.2, 0) is 10.8 Å². The summed E-state index contributed by atoms with van der Waals surface area (Å²) in [4.78, 5) is 7.35. The van der Waals surface area contributed by atoms with Crippen LogP contribution in [0, 0.1) is 0 Å². The van der Waals surface area contributed by atoms with E-state index in [0.29, 0.717) is 11.5 Å². The molecule has 7 aromatic carbocycles. The molecule has 4 heteroatoms. The number of nitrogens with zero attached hydrogens (tertiary/aromatic N) is 2. The Labute approximate surface area is 308 Å². The lowest BCUT2D eigenvalue weighted by Gasteiger charge is -2.30. The number of furan rings is 1. The second-order valence-corrected chi connectivity index (χ2v) is 15.6. The van der Waals surface area contributed by atoms with E-state index in [2.05, 4.69) is 142 Å². The summed E-state index contributed by atoms with van der Waals surface area (Å²) in [6.45, 7) is 9.39. The molecule has 0 saturated carbocycles. The summed E-state index contributed by atoms with van der Waals surface area (Å²) in [6, 6.07) is 52.3. The molecule has 0 saturated heterocycles. The van der Waals surface area contributed by atoms with Gasteiger partial charge in [-0.2, -0.15) is 0 Å². The molecule has 0 amide bonds. The molecule has 0 unspecified atom stereocenters. The molecule has 2 aliphatic carbocycles. The van der Waals surface area contributed by atoms with Gasteiger partial charge in [0.15, 0.2) is 5.58 Å². The van der Waals surface area contributed by atoms with Crippen molar-refractivity contribution in [1.82, 2.24) is 4.98 Å². The van der Waals surface area contributed by atoms with Gasteiger partial charge in [-0.05, 0) is 93.5 Å². The highest BCUT2D eigenvalue weighted by molar-refractivity contribution is 6.10. The Kier molecular flexibility index (Phi) is 6.04. The van der Waals surface area contributed by atoms with E-state index in [4.69, 9.17) is 13.8 Å². The van der Waals surface area contributed by atoms with Gasteiger partial charge in [-0.15, -0.1) is 0 Å². The zero-order valence-corrected chi connectivity index (χ0v) is 30.1. The highest BCUT2D eigenvalue weighted by atomic mass is 16.4. The lowest BCUT2D eigenvalue weighted by Crippen LogP contribution is -2.17. The van der Waals surface area contributed by atoms with E-state index in [0.717, 1.165) is 50.1 Å². The highest BCUT2D eigenvalue weighted by Crippen LogP contribution is 2.56. The first-order valence-corrected chi connectivity index (χ1v) is 18.4. The molecule has 0 radical (unpaired) electrons. The van der Waals surface area contributed by atoms with E-state index in [1.54, 1.807) is 0 Å². The van der Waals surface area contributed by atoms with Gasteiger partial charge < -0.3 is 13.7 Å². The van der Waals surface area contributed by atoms with E-state index in [1.807, 2.05) is 36.4 Å². The topological polar surface area (TPSA) is 42.4 Å². The van der Waals surface area contributed by atoms with Crippen molar-refractivity contribution < 1.29 is 8.83 Å². The number of hydrogen-bond acceptors (Lipinski definition) is 4. The van der Waals surface area contributed by atoms with Crippen molar-refractivity contribution in [2.45, 2.75) is 38.5 Å². The molecule has 2 aliphatic rings. The van der Waals surface area contributed by atoms with Crippen LogP contribution in [0.1, 0.15) is 49.9 Å². The third-order valence-electron chi connectivity index (χ3n) is 11.9. The number of benzene rings is 7. The van der Waals surface area contributed by atoms with Gasteiger partial charge in [0.25, 0.3) is 0 Å². The summed E-state index contributed by atoms with van der Waals surface area (Å²) in [7, 11) is 0. The van der Waals surface area contributed by atoms with Gasteiger partial charge in [0.2, 0.25) is 5.89 Å². The van der Waals surface area contributed by atoms with Crippen LogP contribution in [0.15, 0.2) is 154 Å². The summed E-state index contributed by atoms with van der Waals surface area (Å²) in [5, 5.41) is 2.05. The van der Waals surface area contributed by atoms with Crippen molar-refractivity contribution in [3.8, 4) is 33.7 Å².